The molecule has 10 heterocycles. The monoisotopic (exact) mass is 1170 g/mol. The predicted molar refractivity (Wildman–Crippen MR) is 365 cm³/mol. The first-order valence-corrected chi connectivity index (χ1v) is 30.2. The van der Waals surface area contributed by atoms with Crippen LogP contribution in [0.1, 0.15) is 0 Å². The van der Waals surface area contributed by atoms with E-state index in [1.165, 1.54) is 0 Å². The fourth-order valence-corrected chi connectivity index (χ4v) is 14.2. The van der Waals surface area contributed by atoms with Gasteiger partial charge >= 0.3 is 0 Å². The summed E-state index contributed by atoms with van der Waals surface area (Å²) in [6, 6.07) is 82.6. The van der Waals surface area contributed by atoms with Crippen molar-refractivity contribution in [3.05, 3.63) is 286 Å². The molecule has 0 saturated heterocycles. The number of para-hydroxylation sites is 7. The van der Waals surface area contributed by atoms with Gasteiger partial charge in [-0.1, -0.05) is 164 Å². The third-order valence-electron chi connectivity index (χ3n) is 17.9. The van der Waals surface area contributed by atoms with Gasteiger partial charge in [-0.15, -0.1) is 0 Å². The zero-order chi connectivity index (χ0) is 59.7. The molecule has 0 amide bonds. The molecule has 0 aliphatic rings. The van der Waals surface area contributed by atoms with Gasteiger partial charge in [-0.2, -0.15) is 0 Å². The van der Waals surface area contributed by atoms with Crippen LogP contribution in [0.15, 0.2) is 286 Å². The molecular weight excluding hydrogens is 1120 g/mol. The third kappa shape index (κ3) is 7.46. The van der Waals surface area contributed by atoms with Crippen molar-refractivity contribution < 1.29 is 0 Å². The Morgan fingerprint density at radius 2 is 0.538 bits per heavy atom. The molecule has 0 spiro atoms. The highest BCUT2D eigenvalue weighted by Gasteiger charge is 2.39. The topological polar surface area (TPSA) is 128 Å². The second kappa shape index (κ2) is 19.9. The van der Waals surface area contributed by atoms with Crippen molar-refractivity contribution in [3.8, 4) is 74.0 Å². The molecule has 9 aromatic carbocycles. The molecule has 10 aromatic heterocycles. The maximum absolute atomic E-state index is 6.03. The lowest BCUT2D eigenvalue weighted by molar-refractivity contribution is 1.000. The van der Waals surface area contributed by atoms with E-state index in [1.807, 2.05) is 86.0 Å². The van der Waals surface area contributed by atoms with Gasteiger partial charge in [0.2, 0.25) is 0 Å². The normalized spacial score (nSPS) is 12.0. The minimum atomic E-state index is 0.398. The third-order valence-corrected chi connectivity index (χ3v) is 17.9. The van der Waals surface area contributed by atoms with Crippen LogP contribution in [-0.2, 0) is 0 Å². The summed E-state index contributed by atoms with van der Waals surface area (Å²) < 4.78 is 12.0. The molecule has 0 saturated carbocycles. The molecule has 13 heteroatoms. The molecule has 0 radical (unpaired) electrons. The van der Waals surface area contributed by atoms with Gasteiger partial charge in [-0.3, -0.25) is 24.5 Å². The van der Waals surface area contributed by atoms with Gasteiger partial charge in [0, 0.05) is 84.7 Å². The molecule has 0 aliphatic carbocycles. The van der Waals surface area contributed by atoms with E-state index in [2.05, 4.69) is 223 Å². The Balaban J connectivity index is 1.21. The summed E-state index contributed by atoms with van der Waals surface area (Å²) >= 11 is 0. The van der Waals surface area contributed by atoms with Crippen LogP contribution >= 0.6 is 0 Å². The van der Waals surface area contributed by atoms with Gasteiger partial charge in [0.1, 0.15) is 5.82 Å². The number of imidazole rings is 1. The highest BCUT2D eigenvalue weighted by atomic mass is 15.2. The number of benzene rings is 9. The summed E-state index contributed by atoms with van der Waals surface area (Å²) in [6.07, 6.45) is 15.5. The molecule has 13 nitrogen and oxygen atoms in total. The molecular formula is C78H47N13. The number of hydrogen-bond donors (Lipinski definition) is 0. The van der Waals surface area contributed by atoms with Crippen LogP contribution < -0.4 is 0 Å². The van der Waals surface area contributed by atoms with E-state index in [9.17, 15) is 0 Å². The summed E-state index contributed by atoms with van der Waals surface area (Å²) in [6.45, 7) is 0. The first kappa shape index (κ1) is 50.4. The lowest BCUT2D eigenvalue weighted by Crippen LogP contribution is -2.18. The van der Waals surface area contributed by atoms with E-state index in [0.29, 0.717) is 34.4 Å². The average Bonchev–Trinajstić information content (AvgIpc) is 1.61. The zero-order valence-electron chi connectivity index (χ0n) is 48.4. The molecule has 0 bridgehead atoms. The predicted octanol–water partition coefficient (Wildman–Crippen LogP) is 17.8. The van der Waals surface area contributed by atoms with Crippen molar-refractivity contribution in [2.24, 2.45) is 0 Å². The molecule has 0 N–H and O–H groups in total. The summed E-state index contributed by atoms with van der Waals surface area (Å²) in [5, 5.41) is 8.23. The van der Waals surface area contributed by atoms with Gasteiger partial charge in [0.05, 0.1) is 114 Å². The molecule has 91 heavy (non-hydrogen) atoms. The number of hydrogen-bond acceptors (Lipinski definition) is 8. The van der Waals surface area contributed by atoms with Crippen molar-refractivity contribution in [2.45, 2.75) is 0 Å². The first-order valence-electron chi connectivity index (χ1n) is 30.2. The number of rotatable bonds is 9. The highest BCUT2D eigenvalue weighted by molar-refractivity contribution is 6.18. The van der Waals surface area contributed by atoms with Gasteiger partial charge in [0.25, 0.3) is 0 Å². The Kier molecular flexibility index (Phi) is 11.0. The van der Waals surface area contributed by atoms with Crippen molar-refractivity contribution >= 4 is 98.3 Å². The maximum Gasteiger partial charge on any atom is 0.167 e. The lowest BCUT2D eigenvalue weighted by atomic mass is 9.95. The smallest absolute Gasteiger partial charge is 0.167 e. The standard InChI is InChI=1S/C78H47N13/c1-4-20-48(21-5-1)75-84-76(49-22-6-2-7-23-49)86-77(85-75)69-70(78-83-59-30-14-19-35-64(59)87(78)50-24-8-3-9-25-50)72(89-61-32-16-11-27-52(61)56-37-41-80-45-66(56)89)74(91-63-34-18-13-29-54(63)58-39-43-82-47-68(58)91)73(90-62-33-17-12-28-53(62)57-38-42-81-46-67(57)90)71(69)88-60-31-15-10-26-51(60)55-36-40-79-44-65(55)88/h1-47H. The first-order chi connectivity index (χ1) is 45.2. The van der Waals surface area contributed by atoms with Crippen LogP contribution in [-0.4, -0.2) is 62.7 Å². The summed E-state index contributed by atoms with van der Waals surface area (Å²) in [4.78, 5) is 43.4. The van der Waals surface area contributed by atoms with Crippen LogP contribution in [0.3, 0.4) is 0 Å². The fraction of sp³-hybridized carbons (Fsp3) is 0. The Morgan fingerprint density at radius 1 is 0.220 bits per heavy atom. The van der Waals surface area contributed by atoms with Gasteiger partial charge in [0.15, 0.2) is 17.5 Å². The van der Waals surface area contributed by atoms with Crippen LogP contribution in [0.25, 0.3) is 172 Å². The molecule has 19 aromatic rings. The highest BCUT2D eigenvalue weighted by Crippen LogP contribution is 2.55. The van der Waals surface area contributed by atoms with Crippen LogP contribution in [0.2, 0.25) is 0 Å². The van der Waals surface area contributed by atoms with Crippen LogP contribution in [0.5, 0.6) is 0 Å². The second-order valence-electron chi connectivity index (χ2n) is 22.8. The lowest BCUT2D eigenvalue weighted by Gasteiger charge is -2.30. The minimum Gasteiger partial charge on any atom is -0.305 e. The van der Waals surface area contributed by atoms with E-state index in [0.717, 1.165) is 138 Å². The Labute approximate surface area is 518 Å². The zero-order valence-corrected chi connectivity index (χ0v) is 48.4. The Hall–Kier alpha value is -12.7. The number of pyridine rings is 4. The van der Waals surface area contributed by atoms with Crippen molar-refractivity contribution in [1.82, 2.24) is 62.7 Å². The second-order valence-corrected chi connectivity index (χ2v) is 22.8. The Bertz CT molecular complexity index is 5890. The molecule has 0 fully saturated rings. The molecule has 0 atom stereocenters. The quantitative estimate of drug-likeness (QED) is 0.140. The summed E-state index contributed by atoms with van der Waals surface area (Å²) in [5.74, 6) is 2.01. The molecule has 19 rings (SSSR count). The van der Waals surface area contributed by atoms with E-state index in [1.54, 1.807) is 0 Å². The number of fused-ring (bicyclic) bond motifs is 13. The van der Waals surface area contributed by atoms with Crippen LogP contribution in [0, 0.1) is 0 Å². The van der Waals surface area contributed by atoms with E-state index < -0.39 is 0 Å². The summed E-state index contributed by atoms with van der Waals surface area (Å²) in [5.41, 5.74) is 15.9. The van der Waals surface area contributed by atoms with Crippen molar-refractivity contribution in [3.63, 3.8) is 0 Å². The summed E-state index contributed by atoms with van der Waals surface area (Å²) in [7, 11) is 0. The Morgan fingerprint density at radius 3 is 0.956 bits per heavy atom. The van der Waals surface area contributed by atoms with Gasteiger partial charge in [-0.05, 0) is 72.8 Å². The fourth-order valence-electron chi connectivity index (χ4n) is 14.2. The SMILES string of the molecule is c1ccc(-c2nc(-c3ccccc3)nc(-c3c(-c4nc5ccccc5n4-c4ccccc4)c(-n4c5ccccc5c5ccncc54)c(-n4c5ccccc5c5ccncc54)c(-n4c5ccccc5c5ccncc54)c3-n3c4ccccc4c4ccncc43)n2)cc1. The van der Waals surface area contributed by atoms with E-state index in [-0.39, 0.29) is 0 Å². The minimum absolute atomic E-state index is 0.398. The van der Waals surface area contributed by atoms with Crippen molar-refractivity contribution in [2.75, 3.05) is 0 Å². The van der Waals surface area contributed by atoms with E-state index >= 15 is 0 Å². The maximum atomic E-state index is 6.03. The largest absolute Gasteiger partial charge is 0.305 e. The van der Waals surface area contributed by atoms with Crippen LogP contribution in [0.4, 0.5) is 0 Å². The molecule has 424 valence electrons. The molecule has 0 aliphatic heterocycles. The average molecular weight is 1170 g/mol. The molecule has 0 unspecified atom stereocenters. The number of nitrogens with zero attached hydrogens (tertiary/aromatic N) is 13. The van der Waals surface area contributed by atoms with Crippen molar-refractivity contribution in [1.29, 1.82) is 0 Å². The van der Waals surface area contributed by atoms with Gasteiger partial charge in [-0.25, -0.2) is 19.9 Å². The number of aromatic nitrogens is 13. The van der Waals surface area contributed by atoms with Gasteiger partial charge < -0.3 is 18.3 Å². The van der Waals surface area contributed by atoms with E-state index in [4.69, 9.17) is 39.9 Å².